The molecule has 1 amide bonds. The lowest BCUT2D eigenvalue weighted by Gasteiger charge is -2.08. The minimum atomic E-state index is -0.310. The maximum atomic E-state index is 12.6. The monoisotopic (exact) mass is 487 g/mol. The van der Waals surface area contributed by atoms with Gasteiger partial charge in [-0.25, -0.2) is 4.98 Å². The molecule has 0 saturated heterocycles. The van der Waals surface area contributed by atoms with Crippen LogP contribution >= 0.6 is 23.1 Å². The van der Waals surface area contributed by atoms with Crippen LogP contribution in [-0.2, 0) is 5.75 Å². The maximum Gasteiger partial charge on any atom is 0.277 e. The van der Waals surface area contributed by atoms with Gasteiger partial charge in [-0.2, -0.15) is 0 Å². The molecule has 0 bridgehead atoms. The van der Waals surface area contributed by atoms with Crippen LogP contribution in [0.2, 0.25) is 0 Å². The molecule has 0 spiro atoms. The van der Waals surface area contributed by atoms with Gasteiger partial charge in [0.1, 0.15) is 6.26 Å². The standard InChI is InChI=1S/C25H21N5O2S2/c1-16-10-11-18(13-17(16)2)26-24(31)20-14-32-22(27-20)15-34-25-29-28-23(21-9-6-12-33-21)30(25)19-7-4-3-5-8-19/h3-14H,15H2,1-2H3,(H,26,31). The van der Waals surface area contributed by atoms with Gasteiger partial charge in [0.15, 0.2) is 16.7 Å². The van der Waals surface area contributed by atoms with Crippen molar-refractivity contribution in [3.8, 4) is 16.4 Å². The average molecular weight is 488 g/mol. The summed E-state index contributed by atoms with van der Waals surface area (Å²) in [6, 6.07) is 19.8. The highest BCUT2D eigenvalue weighted by molar-refractivity contribution is 7.98. The van der Waals surface area contributed by atoms with Gasteiger partial charge in [-0.05, 0) is 60.7 Å². The molecule has 0 fully saturated rings. The Labute approximate surface area is 204 Å². The second-order valence-electron chi connectivity index (χ2n) is 7.62. The van der Waals surface area contributed by atoms with Gasteiger partial charge < -0.3 is 9.73 Å². The second-order valence-corrected chi connectivity index (χ2v) is 9.51. The number of thioether (sulfide) groups is 1. The third kappa shape index (κ3) is 4.66. The van der Waals surface area contributed by atoms with Gasteiger partial charge in [-0.1, -0.05) is 42.1 Å². The van der Waals surface area contributed by atoms with E-state index in [-0.39, 0.29) is 11.6 Å². The summed E-state index contributed by atoms with van der Waals surface area (Å²) in [5.41, 5.74) is 4.21. The molecule has 1 N–H and O–H groups in total. The lowest BCUT2D eigenvalue weighted by atomic mass is 10.1. The summed E-state index contributed by atoms with van der Waals surface area (Å²) in [5.74, 6) is 1.32. The van der Waals surface area contributed by atoms with E-state index in [9.17, 15) is 4.79 Å². The fraction of sp³-hybridized carbons (Fsp3) is 0.120. The lowest BCUT2D eigenvalue weighted by molar-refractivity contribution is 0.102. The summed E-state index contributed by atoms with van der Waals surface area (Å²) in [4.78, 5) is 18.0. The van der Waals surface area contributed by atoms with Crippen LogP contribution < -0.4 is 5.32 Å². The van der Waals surface area contributed by atoms with Crippen molar-refractivity contribution >= 4 is 34.7 Å². The van der Waals surface area contributed by atoms with Crippen molar-refractivity contribution < 1.29 is 9.21 Å². The Bertz CT molecular complexity index is 1430. The van der Waals surface area contributed by atoms with Crippen molar-refractivity contribution in [3.05, 3.63) is 95.0 Å². The van der Waals surface area contributed by atoms with Crippen molar-refractivity contribution in [2.45, 2.75) is 24.8 Å². The first kappa shape index (κ1) is 22.1. The molecular weight excluding hydrogens is 466 g/mol. The molecule has 9 heteroatoms. The number of aryl methyl sites for hydroxylation is 2. The molecule has 7 nitrogen and oxygen atoms in total. The first-order valence-electron chi connectivity index (χ1n) is 10.6. The Morgan fingerprint density at radius 2 is 1.91 bits per heavy atom. The molecule has 0 aliphatic rings. The van der Waals surface area contributed by atoms with Crippen molar-refractivity contribution in [1.29, 1.82) is 0 Å². The van der Waals surface area contributed by atoms with Gasteiger partial charge in [0.05, 0.1) is 10.6 Å². The topological polar surface area (TPSA) is 85.8 Å². The van der Waals surface area contributed by atoms with E-state index in [1.165, 1.54) is 23.6 Å². The number of oxazole rings is 1. The number of nitrogens with one attached hydrogen (secondary N) is 1. The van der Waals surface area contributed by atoms with Crippen LogP contribution in [0.3, 0.4) is 0 Å². The smallest absolute Gasteiger partial charge is 0.277 e. The third-order valence-corrected chi connectivity index (χ3v) is 7.04. The Hall–Kier alpha value is -3.69. The second kappa shape index (κ2) is 9.66. The summed E-state index contributed by atoms with van der Waals surface area (Å²) < 4.78 is 7.59. The molecular formula is C25H21N5O2S2. The highest BCUT2D eigenvalue weighted by atomic mass is 32.2. The third-order valence-electron chi connectivity index (χ3n) is 5.26. The van der Waals surface area contributed by atoms with E-state index in [0.717, 1.165) is 27.6 Å². The van der Waals surface area contributed by atoms with Crippen LogP contribution in [0.1, 0.15) is 27.5 Å². The normalized spacial score (nSPS) is 11.0. The van der Waals surface area contributed by atoms with E-state index >= 15 is 0 Å². The molecule has 5 aromatic rings. The highest BCUT2D eigenvalue weighted by Crippen LogP contribution is 2.31. The fourth-order valence-electron chi connectivity index (χ4n) is 3.36. The predicted octanol–water partition coefficient (Wildman–Crippen LogP) is 6.15. The largest absolute Gasteiger partial charge is 0.447 e. The molecule has 0 radical (unpaired) electrons. The minimum Gasteiger partial charge on any atom is -0.447 e. The first-order valence-corrected chi connectivity index (χ1v) is 12.5. The number of hydrogen-bond acceptors (Lipinski definition) is 7. The van der Waals surface area contributed by atoms with Gasteiger partial charge in [-0.15, -0.1) is 21.5 Å². The van der Waals surface area contributed by atoms with Gasteiger partial charge in [0, 0.05) is 11.4 Å². The van der Waals surface area contributed by atoms with E-state index in [4.69, 9.17) is 4.42 Å². The molecule has 0 aliphatic heterocycles. The number of amides is 1. The van der Waals surface area contributed by atoms with E-state index in [1.807, 2.05) is 84.5 Å². The first-order chi connectivity index (χ1) is 16.6. The van der Waals surface area contributed by atoms with E-state index in [2.05, 4.69) is 20.5 Å². The number of thiophene rings is 1. The van der Waals surface area contributed by atoms with E-state index in [0.29, 0.717) is 16.8 Å². The van der Waals surface area contributed by atoms with Crippen molar-refractivity contribution in [2.24, 2.45) is 0 Å². The van der Waals surface area contributed by atoms with Crippen LogP contribution in [0.5, 0.6) is 0 Å². The van der Waals surface area contributed by atoms with Crippen molar-refractivity contribution in [3.63, 3.8) is 0 Å². The summed E-state index contributed by atoms with van der Waals surface area (Å²) in [5, 5.41) is 14.4. The quantitative estimate of drug-likeness (QED) is 0.277. The maximum absolute atomic E-state index is 12.6. The summed E-state index contributed by atoms with van der Waals surface area (Å²) in [6.45, 7) is 4.04. The number of para-hydroxylation sites is 1. The minimum absolute atomic E-state index is 0.234. The molecule has 0 atom stereocenters. The predicted molar refractivity (Wildman–Crippen MR) is 135 cm³/mol. The average Bonchev–Trinajstić information content (AvgIpc) is 3.61. The van der Waals surface area contributed by atoms with Crippen LogP contribution in [0, 0.1) is 13.8 Å². The molecule has 5 rings (SSSR count). The Balaban J connectivity index is 1.32. The molecule has 3 aromatic heterocycles. The Kier molecular flexibility index (Phi) is 6.29. The van der Waals surface area contributed by atoms with Crippen molar-refractivity contribution in [2.75, 3.05) is 5.32 Å². The van der Waals surface area contributed by atoms with Crippen LogP contribution in [0.15, 0.2) is 81.9 Å². The molecule has 0 aliphatic carbocycles. The van der Waals surface area contributed by atoms with Gasteiger partial charge in [-0.3, -0.25) is 9.36 Å². The van der Waals surface area contributed by atoms with Crippen molar-refractivity contribution in [1.82, 2.24) is 19.7 Å². The Morgan fingerprint density at radius 3 is 2.68 bits per heavy atom. The number of anilines is 1. The number of rotatable bonds is 7. The molecule has 0 saturated carbocycles. The highest BCUT2D eigenvalue weighted by Gasteiger charge is 2.19. The van der Waals surface area contributed by atoms with Gasteiger partial charge in [0.25, 0.3) is 5.91 Å². The summed E-state index contributed by atoms with van der Waals surface area (Å²) in [7, 11) is 0. The van der Waals surface area contributed by atoms with Crippen LogP contribution in [0.4, 0.5) is 5.69 Å². The lowest BCUT2D eigenvalue weighted by Crippen LogP contribution is -2.12. The van der Waals surface area contributed by atoms with Crippen LogP contribution in [0.25, 0.3) is 16.4 Å². The SMILES string of the molecule is Cc1ccc(NC(=O)c2coc(CSc3nnc(-c4cccs4)n3-c3ccccc3)n2)cc1C. The van der Waals surface area contributed by atoms with Gasteiger partial charge >= 0.3 is 0 Å². The molecule has 2 aromatic carbocycles. The fourth-order valence-corrected chi connectivity index (χ4v) is 4.86. The number of carbonyl (C=O) groups excluding carboxylic acids is 1. The van der Waals surface area contributed by atoms with E-state index < -0.39 is 0 Å². The van der Waals surface area contributed by atoms with Crippen LogP contribution in [-0.4, -0.2) is 25.7 Å². The number of benzene rings is 2. The number of hydrogen-bond donors (Lipinski definition) is 1. The summed E-state index contributed by atoms with van der Waals surface area (Å²) in [6.07, 6.45) is 1.38. The number of aromatic nitrogens is 4. The zero-order valence-corrected chi connectivity index (χ0v) is 20.2. The summed E-state index contributed by atoms with van der Waals surface area (Å²) >= 11 is 3.07. The number of carbonyl (C=O) groups is 1. The molecule has 34 heavy (non-hydrogen) atoms. The van der Waals surface area contributed by atoms with Gasteiger partial charge in [0.2, 0.25) is 5.89 Å². The zero-order chi connectivity index (χ0) is 23.5. The zero-order valence-electron chi connectivity index (χ0n) is 18.6. The molecule has 3 heterocycles. The van der Waals surface area contributed by atoms with E-state index in [1.54, 1.807) is 11.3 Å². The Morgan fingerprint density at radius 1 is 1.06 bits per heavy atom. The molecule has 0 unspecified atom stereocenters. The number of nitrogens with zero attached hydrogens (tertiary/aromatic N) is 4. The molecule has 170 valence electrons.